The summed E-state index contributed by atoms with van der Waals surface area (Å²) in [5.74, 6) is -0.284. The summed E-state index contributed by atoms with van der Waals surface area (Å²) in [6, 6.07) is 10.7. The van der Waals surface area contributed by atoms with Gasteiger partial charge in [-0.25, -0.2) is 4.79 Å². The maximum atomic E-state index is 14.4. The Hall–Kier alpha value is -4.21. The highest BCUT2D eigenvalue weighted by Crippen LogP contribution is 2.44. The van der Waals surface area contributed by atoms with E-state index in [1.807, 2.05) is 63.7 Å². The Balaban J connectivity index is 1.43. The number of furan rings is 1. The molecule has 0 spiro atoms. The SMILES string of the molecule is Cc1cc(OCCCc2c3n(c4c(-c5c(C)nn(C)c5C)c(Cl)ccc24)[C@@H](C)CN(Cc2ccc(C(=O)O)o2)C3=O)cc(C)c1Cl. The number of rotatable bonds is 9. The maximum Gasteiger partial charge on any atom is 0.371 e. The van der Waals surface area contributed by atoms with Gasteiger partial charge in [0.2, 0.25) is 5.76 Å². The average molecular weight is 664 g/mol. The standard InChI is InChI=1S/C35H36Cl2N4O5/c1-18-14-24(15-19(2)31(18)37)45-13-7-8-25-26-10-11-27(36)30(29-21(4)38-39(6)22(29)5)32(26)41-20(3)16-40(34(42)33(25)41)17-23-9-12-28(46-23)35(43)44/h9-12,14-15,20H,7-8,13,16-17H2,1-6H3,(H,43,44)/t20-/m0/s1. The normalized spacial score (nSPS) is 14.7. The molecule has 240 valence electrons. The molecule has 0 radical (unpaired) electrons. The van der Waals surface area contributed by atoms with Gasteiger partial charge in [-0.15, -0.1) is 0 Å². The van der Waals surface area contributed by atoms with Crippen LogP contribution in [0.3, 0.4) is 0 Å². The van der Waals surface area contributed by atoms with Gasteiger partial charge in [0.1, 0.15) is 17.2 Å². The highest BCUT2D eigenvalue weighted by molar-refractivity contribution is 6.35. The lowest BCUT2D eigenvalue weighted by Gasteiger charge is -2.34. The topological polar surface area (TPSA) is 103 Å². The van der Waals surface area contributed by atoms with Crippen LogP contribution < -0.4 is 4.74 Å². The van der Waals surface area contributed by atoms with Crippen molar-refractivity contribution in [1.29, 1.82) is 0 Å². The van der Waals surface area contributed by atoms with Crippen molar-refractivity contribution in [2.75, 3.05) is 13.2 Å². The first kappa shape index (κ1) is 31.8. The Bertz CT molecular complexity index is 2000. The van der Waals surface area contributed by atoms with Gasteiger partial charge in [-0.3, -0.25) is 9.48 Å². The molecule has 1 N–H and O–H groups in total. The van der Waals surface area contributed by atoms with Crippen LogP contribution >= 0.6 is 23.2 Å². The van der Waals surface area contributed by atoms with E-state index in [1.165, 1.54) is 6.07 Å². The minimum atomic E-state index is -1.15. The lowest BCUT2D eigenvalue weighted by Crippen LogP contribution is -2.42. The van der Waals surface area contributed by atoms with E-state index in [4.69, 9.17) is 32.4 Å². The number of carboxylic acid groups (broad SMARTS) is 1. The molecule has 1 amide bonds. The quantitative estimate of drug-likeness (QED) is 0.160. The largest absolute Gasteiger partial charge is 0.494 e. The molecule has 1 aliphatic rings. The summed E-state index contributed by atoms with van der Waals surface area (Å²) in [4.78, 5) is 27.5. The van der Waals surface area contributed by atoms with Crippen LogP contribution in [0.25, 0.3) is 22.0 Å². The molecule has 11 heteroatoms. The highest BCUT2D eigenvalue weighted by atomic mass is 35.5. The van der Waals surface area contributed by atoms with Gasteiger partial charge in [-0.1, -0.05) is 29.3 Å². The van der Waals surface area contributed by atoms with Crippen LogP contribution in [0.5, 0.6) is 5.75 Å². The molecule has 3 aromatic heterocycles. The third-order valence-corrected chi connectivity index (χ3v) is 9.77. The fourth-order valence-corrected chi connectivity index (χ4v) is 7.06. The number of benzene rings is 2. The third kappa shape index (κ3) is 5.45. The Morgan fingerprint density at radius 3 is 2.43 bits per heavy atom. The summed E-state index contributed by atoms with van der Waals surface area (Å²) in [6.07, 6.45) is 1.25. The smallest absolute Gasteiger partial charge is 0.371 e. The number of fused-ring (bicyclic) bond motifs is 3. The number of hydrogen-bond donors (Lipinski definition) is 1. The van der Waals surface area contributed by atoms with Crippen LogP contribution in [0.1, 0.15) is 74.3 Å². The second kappa shape index (κ2) is 12.2. The Labute approximate surface area is 277 Å². The second-order valence-corrected chi connectivity index (χ2v) is 12.9. The molecule has 4 heterocycles. The monoisotopic (exact) mass is 662 g/mol. The number of hydrogen-bond acceptors (Lipinski definition) is 5. The van der Waals surface area contributed by atoms with Crippen molar-refractivity contribution in [3.05, 3.63) is 91.7 Å². The molecular weight excluding hydrogens is 627 g/mol. The number of nitrogens with zero attached hydrogens (tertiary/aromatic N) is 4. The lowest BCUT2D eigenvalue weighted by atomic mass is 9.98. The van der Waals surface area contributed by atoms with Crippen LogP contribution in [-0.4, -0.2) is 49.4 Å². The molecule has 0 fully saturated rings. The van der Waals surface area contributed by atoms with E-state index in [0.717, 1.165) is 60.9 Å². The number of carbonyl (C=O) groups excluding carboxylic acids is 1. The third-order valence-electron chi connectivity index (χ3n) is 8.86. The number of aryl methyl sites for hydroxylation is 5. The molecule has 0 saturated heterocycles. The van der Waals surface area contributed by atoms with Crippen molar-refractivity contribution in [2.45, 2.75) is 60.0 Å². The summed E-state index contributed by atoms with van der Waals surface area (Å²) in [5, 5.41) is 16.3. The molecule has 0 bridgehead atoms. The van der Waals surface area contributed by atoms with Gasteiger partial charge in [0.25, 0.3) is 5.91 Å². The van der Waals surface area contributed by atoms with Crippen molar-refractivity contribution in [3.8, 4) is 16.9 Å². The predicted molar refractivity (Wildman–Crippen MR) is 178 cm³/mol. The molecule has 46 heavy (non-hydrogen) atoms. The van der Waals surface area contributed by atoms with E-state index in [0.29, 0.717) is 42.5 Å². The van der Waals surface area contributed by atoms with Gasteiger partial charge >= 0.3 is 5.97 Å². The second-order valence-electron chi connectivity index (χ2n) is 12.1. The summed E-state index contributed by atoms with van der Waals surface area (Å²) in [5.41, 5.74) is 8.01. The zero-order chi connectivity index (χ0) is 33.0. The van der Waals surface area contributed by atoms with Crippen LogP contribution in [0.4, 0.5) is 0 Å². The van der Waals surface area contributed by atoms with Crippen molar-refractivity contribution in [3.63, 3.8) is 0 Å². The molecule has 0 saturated carbocycles. The maximum absolute atomic E-state index is 14.4. The first-order valence-electron chi connectivity index (χ1n) is 15.2. The summed E-state index contributed by atoms with van der Waals surface area (Å²) >= 11 is 13.3. The van der Waals surface area contributed by atoms with E-state index >= 15 is 0 Å². The Morgan fingerprint density at radius 2 is 1.80 bits per heavy atom. The van der Waals surface area contributed by atoms with Gasteiger partial charge in [-0.05, 0) is 94.5 Å². The number of carbonyl (C=O) groups is 2. The van der Waals surface area contributed by atoms with E-state index in [-0.39, 0.29) is 24.3 Å². The number of carboxylic acids is 1. The van der Waals surface area contributed by atoms with Gasteiger partial charge in [0.05, 0.1) is 29.4 Å². The van der Waals surface area contributed by atoms with Crippen LogP contribution in [0, 0.1) is 27.7 Å². The van der Waals surface area contributed by atoms with Crippen LogP contribution in [-0.2, 0) is 20.0 Å². The molecule has 1 aliphatic heterocycles. The number of aromatic nitrogens is 3. The number of aromatic carboxylic acids is 1. The minimum Gasteiger partial charge on any atom is -0.494 e. The van der Waals surface area contributed by atoms with Crippen molar-refractivity contribution in [2.24, 2.45) is 7.05 Å². The minimum absolute atomic E-state index is 0.108. The van der Waals surface area contributed by atoms with Crippen molar-refractivity contribution >= 4 is 46.0 Å². The molecule has 2 aromatic carbocycles. The molecule has 0 unspecified atom stereocenters. The molecule has 5 aromatic rings. The summed E-state index contributed by atoms with van der Waals surface area (Å²) < 4.78 is 15.6. The molecule has 6 rings (SSSR count). The zero-order valence-corrected chi connectivity index (χ0v) is 28.2. The summed E-state index contributed by atoms with van der Waals surface area (Å²) in [7, 11) is 1.91. The highest BCUT2D eigenvalue weighted by Gasteiger charge is 2.36. The van der Waals surface area contributed by atoms with Crippen LogP contribution in [0.2, 0.25) is 10.0 Å². The Morgan fingerprint density at radius 1 is 1.09 bits per heavy atom. The molecular formula is C35H36Cl2N4O5. The first-order chi connectivity index (χ1) is 21.9. The van der Waals surface area contributed by atoms with Gasteiger partial charge in [0, 0.05) is 46.9 Å². The fraction of sp³-hybridized carbons (Fsp3) is 0.343. The van der Waals surface area contributed by atoms with E-state index in [1.54, 1.807) is 11.0 Å². The number of halogens is 2. The molecule has 9 nitrogen and oxygen atoms in total. The fourth-order valence-electron chi connectivity index (χ4n) is 6.71. The van der Waals surface area contributed by atoms with Crippen LogP contribution in [0.15, 0.2) is 40.8 Å². The number of amides is 1. The summed E-state index contributed by atoms with van der Waals surface area (Å²) in [6.45, 7) is 11.0. The lowest BCUT2D eigenvalue weighted by molar-refractivity contribution is 0.0635. The van der Waals surface area contributed by atoms with E-state index in [9.17, 15) is 14.7 Å². The first-order valence-corrected chi connectivity index (χ1v) is 16.0. The van der Waals surface area contributed by atoms with Gasteiger partial charge in [0.15, 0.2) is 0 Å². The zero-order valence-electron chi connectivity index (χ0n) is 26.7. The predicted octanol–water partition coefficient (Wildman–Crippen LogP) is 8.10. The van der Waals surface area contributed by atoms with Gasteiger partial charge < -0.3 is 23.7 Å². The average Bonchev–Trinajstić information content (AvgIpc) is 3.67. The van der Waals surface area contributed by atoms with E-state index < -0.39 is 5.97 Å². The van der Waals surface area contributed by atoms with Crippen molar-refractivity contribution in [1.82, 2.24) is 19.2 Å². The van der Waals surface area contributed by atoms with Gasteiger partial charge in [-0.2, -0.15) is 5.10 Å². The van der Waals surface area contributed by atoms with Crippen molar-refractivity contribution < 1.29 is 23.8 Å². The van der Waals surface area contributed by atoms with E-state index in [2.05, 4.69) is 16.6 Å². The molecule has 0 aliphatic carbocycles. The number of ether oxygens (including phenoxy) is 1. The molecule has 1 atom stereocenters. The Kier molecular flexibility index (Phi) is 8.42.